The molecule has 0 bridgehead atoms. The van der Waals surface area contributed by atoms with Crippen molar-refractivity contribution in [3.63, 3.8) is 0 Å². The van der Waals surface area contributed by atoms with Crippen molar-refractivity contribution in [2.45, 2.75) is 31.7 Å². The van der Waals surface area contributed by atoms with Gasteiger partial charge in [-0.3, -0.25) is 9.36 Å². The Morgan fingerprint density at radius 1 is 1.24 bits per heavy atom. The fraction of sp³-hybridized carbons (Fsp3) is 0.273. The SMILES string of the molecule is N#Cc1cccc(C(CO)NC(=O)Cn2nc(-c3ccc(Cl)cc3)n(CCC(F)(F)F)c2=O)c1. The van der Waals surface area contributed by atoms with Crippen molar-refractivity contribution in [2.24, 2.45) is 0 Å². The van der Waals surface area contributed by atoms with E-state index in [2.05, 4.69) is 10.4 Å². The fourth-order valence-corrected chi connectivity index (χ4v) is 3.36. The van der Waals surface area contributed by atoms with E-state index < -0.39 is 49.9 Å². The summed E-state index contributed by atoms with van der Waals surface area (Å²) in [5.74, 6) is -0.745. The smallest absolute Gasteiger partial charge is 0.390 e. The van der Waals surface area contributed by atoms with Gasteiger partial charge < -0.3 is 10.4 Å². The predicted molar refractivity (Wildman–Crippen MR) is 117 cm³/mol. The van der Waals surface area contributed by atoms with Crippen LogP contribution in [-0.2, 0) is 17.9 Å². The maximum Gasteiger partial charge on any atom is 0.390 e. The van der Waals surface area contributed by atoms with Crippen LogP contribution in [-0.4, -0.2) is 38.1 Å². The topological polar surface area (TPSA) is 113 Å². The molecule has 0 saturated heterocycles. The number of benzene rings is 2. The highest BCUT2D eigenvalue weighted by molar-refractivity contribution is 6.30. The van der Waals surface area contributed by atoms with E-state index >= 15 is 0 Å². The van der Waals surface area contributed by atoms with E-state index in [0.29, 0.717) is 21.7 Å². The summed E-state index contributed by atoms with van der Waals surface area (Å²) in [7, 11) is 0. The van der Waals surface area contributed by atoms with Crippen LogP contribution in [0.4, 0.5) is 13.2 Å². The van der Waals surface area contributed by atoms with Crippen LogP contribution in [0.1, 0.15) is 23.6 Å². The molecule has 3 aromatic rings. The lowest BCUT2D eigenvalue weighted by molar-refractivity contribution is -0.136. The highest BCUT2D eigenvalue weighted by Gasteiger charge is 2.29. The fourth-order valence-electron chi connectivity index (χ4n) is 3.23. The van der Waals surface area contributed by atoms with E-state index in [1.54, 1.807) is 18.2 Å². The Labute approximate surface area is 196 Å². The monoisotopic (exact) mass is 493 g/mol. The van der Waals surface area contributed by atoms with Crippen molar-refractivity contribution in [3.05, 3.63) is 75.2 Å². The third kappa shape index (κ3) is 6.24. The van der Waals surface area contributed by atoms with Crippen LogP contribution in [0.5, 0.6) is 0 Å². The van der Waals surface area contributed by atoms with Crippen LogP contribution in [0, 0.1) is 11.3 Å². The van der Waals surface area contributed by atoms with Crippen LogP contribution in [0.3, 0.4) is 0 Å². The Hall–Kier alpha value is -3.62. The van der Waals surface area contributed by atoms with Gasteiger partial charge in [0.05, 0.1) is 30.7 Å². The molecule has 178 valence electrons. The Morgan fingerprint density at radius 3 is 2.56 bits per heavy atom. The van der Waals surface area contributed by atoms with Crippen molar-refractivity contribution in [1.29, 1.82) is 5.26 Å². The molecule has 34 heavy (non-hydrogen) atoms. The number of rotatable bonds is 8. The van der Waals surface area contributed by atoms with Gasteiger partial charge in [0.1, 0.15) is 6.54 Å². The molecule has 3 rings (SSSR count). The van der Waals surface area contributed by atoms with Crippen LogP contribution in [0.15, 0.2) is 53.3 Å². The quantitative estimate of drug-likeness (QED) is 0.501. The molecule has 2 N–H and O–H groups in total. The minimum absolute atomic E-state index is 0.0425. The average molecular weight is 494 g/mol. The number of carbonyl (C=O) groups is 1. The zero-order valence-corrected chi connectivity index (χ0v) is 18.3. The summed E-state index contributed by atoms with van der Waals surface area (Å²) in [4.78, 5) is 25.4. The first-order valence-electron chi connectivity index (χ1n) is 10.0. The molecule has 0 spiro atoms. The number of amides is 1. The Balaban J connectivity index is 1.86. The molecule has 8 nitrogen and oxygen atoms in total. The van der Waals surface area contributed by atoms with Gasteiger partial charge in [0, 0.05) is 17.1 Å². The number of hydrogen-bond donors (Lipinski definition) is 2. The second-order valence-corrected chi connectivity index (χ2v) is 7.76. The molecule has 1 amide bonds. The summed E-state index contributed by atoms with van der Waals surface area (Å²) in [6, 6.07) is 13.4. The third-order valence-electron chi connectivity index (χ3n) is 4.87. The normalized spacial score (nSPS) is 12.2. The molecule has 0 radical (unpaired) electrons. The van der Waals surface area contributed by atoms with E-state index in [9.17, 15) is 27.9 Å². The lowest BCUT2D eigenvalue weighted by Gasteiger charge is -2.16. The maximum atomic E-state index is 12.8. The molecule has 1 aromatic heterocycles. The molecule has 1 atom stereocenters. The van der Waals surface area contributed by atoms with Gasteiger partial charge in [-0.1, -0.05) is 23.7 Å². The third-order valence-corrected chi connectivity index (χ3v) is 5.13. The van der Waals surface area contributed by atoms with Crippen molar-refractivity contribution in [2.75, 3.05) is 6.61 Å². The first kappa shape index (κ1) is 25.0. The standard InChI is InChI=1S/C22H19ClF3N5O3/c23-17-6-4-15(5-7-17)20-29-31(21(34)30(20)9-8-22(24,25)26)12-19(33)28-18(13-32)16-3-1-2-14(10-16)11-27/h1-7,10,18,32H,8-9,12-13H2,(H,28,33). The highest BCUT2D eigenvalue weighted by Crippen LogP contribution is 2.23. The highest BCUT2D eigenvalue weighted by atomic mass is 35.5. The van der Waals surface area contributed by atoms with Crippen molar-refractivity contribution >= 4 is 17.5 Å². The number of aliphatic hydroxyl groups excluding tert-OH is 1. The lowest BCUT2D eigenvalue weighted by atomic mass is 10.0. The van der Waals surface area contributed by atoms with Crippen molar-refractivity contribution in [1.82, 2.24) is 19.7 Å². The van der Waals surface area contributed by atoms with Gasteiger partial charge in [-0.05, 0) is 42.0 Å². The van der Waals surface area contributed by atoms with Crippen LogP contribution >= 0.6 is 11.6 Å². The van der Waals surface area contributed by atoms with Gasteiger partial charge in [-0.2, -0.15) is 18.4 Å². The zero-order chi connectivity index (χ0) is 24.9. The number of nitrogens with one attached hydrogen (secondary N) is 1. The molecular formula is C22H19ClF3N5O3. The summed E-state index contributed by atoms with van der Waals surface area (Å²) in [6.07, 6.45) is -5.75. The van der Waals surface area contributed by atoms with Gasteiger partial charge in [-0.15, -0.1) is 5.10 Å². The molecular weight excluding hydrogens is 475 g/mol. The summed E-state index contributed by atoms with van der Waals surface area (Å²) in [5, 5.41) is 25.7. The molecule has 1 heterocycles. The lowest BCUT2D eigenvalue weighted by Crippen LogP contribution is -2.37. The number of carbonyl (C=O) groups excluding carboxylic acids is 1. The first-order valence-corrected chi connectivity index (χ1v) is 10.4. The van der Waals surface area contributed by atoms with Crippen molar-refractivity contribution < 1.29 is 23.1 Å². The summed E-state index contributed by atoms with van der Waals surface area (Å²) in [5.41, 5.74) is 0.262. The number of nitrogens with zero attached hydrogens (tertiary/aromatic N) is 4. The van der Waals surface area contributed by atoms with Crippen molar-refractivity contribution in [3.8, 4) is 17.5 Å². The Morgan fingerprint density at radius 2 is 1.94 bits per heavy atom. The van der Waals surface area contributed by atoms with Crippen LogP contribution in [0.25, 0.3) is 11.4 Å². The summed E-state index contributed by atoms with van der Waals surface area (Å²) >= 11 is 5.86. The van der Waals surface area contributed by atoms with E-state index in [0.717, 1.165) is 9.25 Å². The minimum atomic E-state index is -4.50. The molecule has 0 aliphatic rings. The van der Waals surface area contributed by atoms with Gasteiger partial charge in [0.25, 0.3) is 0 Å². The number of aromatic nitrogens is 3. The molecule has 2 aromatic carbocycles. The molecule has 1 unspecified atom stereocenters. The zero-order valence-electron chi connectivity index (χ0n) is 17.6. The number of aliphatic hydroxyl groups is 1. The van der Waals surface area contributed by atoms with Crippen LogP contribution in [0.2, 0.25) is 5.02 Å². The largest absolute Gasteiger partial charge is 0.394 e. The maximum absolute atomic E-state index is 12.8. The molecule has 0 saturated carbocycles. The van der Waals surface area contributed by atoms with E-state index in [1.807, 2.05) is 6.07 Å². The number of hydrogen-bond acceptors (Lipinski definition) is 5. The first-order chi connectivity index (χ1) is 16.1. The van der Waals surface area contributed by atoms with Crippen LogP contribution < -0.4 is 11.0 Å². The second-order valence-electron chi connectivity index (χ2n) is 7.33. The second kappa shape index (κ2) is 10.5. The van der Waals surface area contributed by atoms with Gasteiger partial charge in [0.2, 0.25) is 5.91 Å². The average Bonchev–Trinajstić information content (AvgIpc) is 3.11. The Kier molecular flexibility index (Phi) is 7.75. The number of nitriles is 1. The number of alkyl halides is 3. The molecule has 0 aliphatic heterocycles. The summed E-state index contributed by atoms with van der Waals surface area (Å²) in [6.45, 7) is -1.75. The molecule has 0 fully saturated rings. The molecule has 12 heteroatoms. The van der Waals surface area contributed by atoms with Gasteiger partial charge >= 0.3 is 11.9 Å². The van der Waals surface area contributed by atoms with E-state index in [1.165, 1.54) is 30.3 Å². The van der Waals surface area contributed by atoms with E-state index in [4.69, 9.17) is 16.9 Å². The van der Waals surface area contributed by atoms with E-state index in [-0.39, 0.29) is 5.82 Å². The molecule has 0 aliphatic carbocycles. The Bertz CT molecular complexity index is 1260. The minimum Gasteiger partial charge on any atom is -0.394 e. The van der Waals surface area contributed by atoms with Gasteiger partial charge in [0.15, 0.2) is 5.82 Å². The summed E-state index contributed by atoms with van der Waals surface area (Å²) < 4.78 is 40.0. The predicted octanol–water partition coefficient (Wildman–Crippen LogP) is 3.04. The van der Waals surface area contributed by atoms with Gasteiger partial charge in [-0.25, -0.2) is 9.48 Å². The number of halogens is 4.